The molecule has 0 radical (unpaired) electrons. The van der Waals surface area contributed by atoms with E-state index in [0.717, 1.165) is 28.8 Å². The van der Waals surface area contributed by atoms with Crippen LogP contribution in [0.2, 0.25) is 0 Å². The van der Waals surface area contributed by atoms with Gasteiger partial charge in [0, 0.05) is 53.1 Å². The number of benzene rings is 1. The number of carbonyl (C=O) groups excluding carboxylic acids is 1. The van der Waals surface area contributed by atoms with Crippen LogP contribution in [0, 0.1) is 11.6 Å². The third-order valence-electron chi connectivity index (χ3n) is 7.29. The van der Waals surface area contributed by atoms with Gasteiger partial charge in [0.05, 0.1) is 41.8 Å². The number of amides is 1. The fourth-order valence-corrected chi connectivity index (χ4v) is 6.31. The van der Waals surface area contributed by atoms with Gasteiger partial charge in [-0.25, -0.2) is 13.8 Å². The number of fused-ring (bicyclic) bond motifs is 2. The lowest BCUT2D eigenvalue weighted by Gasteiger charge is -2.33. The maximum absolute atomic E-state index is 15.8. The number of aliphatic hydroxyl groups is 1. The van der Waals surface area contributed by atoms with E-state index in [1.54, 1.807) is 15.8 Å². The molecule has 0 unspecified atom stereocenters. The molecule has 1 aliphatic heterocycles. The van der Waals surface area contributed by atoms with E-state index >= 15 is 4.39 Å². The molecule has 5 aromatic rings. The van der Waals surface area contributed by atoms with Gasteiger partial charge in [0.1, 0.15) is 35.4 Å². The van der Waals surface area contributed by atoms with Gasteiger partial charge in [-0.3, -0.25) is 14.2 Å². The first-order chi connectivity index (χ1) is 20.2. The molecule has 42 heavy (non-hydrogen) atoms. The molecule has 5 heterocycles. The number of aryl methyl sites for hydroxylation is 1. The van der Waals surface area contributed by atoms with Gasteiger partial charge in [-0.2, -0.15) is 10.2 Å². The molecule has 0 aliphatic carbocycles. The Morgan fingerprint density at radius 1 is 1.26 bits per heavy atom. The van der Waals surface area contributed by atoms with Crippen LogP contribution in [-0.2, 0) is 18.4 Å². The lowest BCUT2D eigenvalue weighted by atomic mass is 9.97. The summed E-state index contributed by atoms with van der Waals surface area (Å²) >= 11 is 1.39. The van der Waals surface area contributed by atoms with E-state index in [2.05, 4.69) is 11.7 Å². The van der Waals surface area contributed by atoms with E-state index in [1.165, 1.54) is 24.3 Å². The molecule has 1 aromatic carbocycles. The van der Waals surface area contributed by atoms with Crippen LogP contribution < -0.4 is 4.74 Å². The highest BCUT2D eigenvalue weighted by molar-refractivity contribution is 7.18. The van der Waals surface area contributed by atoms with E-state index in [1.807, 2.05) is 42.4 Å². The summed E-state index contributed by atoms with van der Waals surface area (Å²) in [6.07, 6.45) is 3.98. The van der Waals surface area contributed by atoms with E-state index in [0.29, 0.717) is 40.4 Å². The Morgan fingerprint density at radius 3 is 2.79 bits per heavy atom. The summed E-state index contributed by atoms with van der Waals surface area (Å²) in [6, 6.07) is 5.38. The number of aromatic nitrogens is 5. The van der Waals surface area contributed by atoms with Crippen LogP contribution >= 0.6 is 11.3 Å². The Labute approximate surface area is 244 Å². The number of hydrogen-bond donors (Lipinski definition) is 1. The number of ether oxygens (including phenoxy) is 1. The van der Waals surface area contributed by atoms with Gasteiger partial charge >= 0.3 is 0 Å². The zero-order valence-electron chi connectivity index (χ0n) is 23.2. The van der Waals surface area contributed by atoms with Crippen molar-refractivity contribution in [2.75, 3.05) is 13.2 Å². The molecule has 9 nitrogen and oxygen atoms in total. The van der Waals surface area contributed by atoms with Crippen molar-refractivity contribution in [3.05, 3.63) is 72.0 Å². The maximum Gasteiger partial charge on any atom is 0.246 e. The summed E-state index contributed by atoms with van der Waals surface area (Å²) in [4.78, 5) is 19.3. The molecule has 0 fully saturated rings. The minimum atomic E-state index is -0.862. The average Bonchev–Trinajstić information content (AvgIpc) is 3.71. The van der Waals surface area contributed by atoms with E-state index in [-0.39, 0.29) is 29.9 Å². The van der Waals surface area contributed by atoms with Crippen molar-refractivity contribution in [2.24, 2.45) is 7.05 Å². The summed E-state index contributed by atoms with van der Waals surface area (Å²) in [7, 11) is 1.81. The fraction of sp³-hybridized carbons (Fsp3) is 0.267. The van der Waals surface area contributed by atoms with Crippen molar-refractivity contribution in [1.82, 2.24) is 29.4 Å². The maximum atomic E-state index is 15.8. The van der Waals surface area contributed by atoms with Gasteiger partial charge in [-0.15, -0.1) is 11.3 Å². The van der Waals surface area contributed by atoms with Crippen LogP contribution in [0.4, 0.5) is 8.78 Å². The molecule has 0 bridgehead atoms. The number of nitrogens with zero attached hydrogens (tertiary/aromatic N) is 6. The van der Waals surface area contributed by atoms with Gasteiger partial charge in [0.2, 0.25) is 5.91 Å². The minimum absolute atomic E-state index is 0.0206. The lowest BCUT2D eigenvalue weighted by Crippen LogP contribution is -2.40. The number of aliphatic hydroxyl groups excluding tert-OH is 1. The second-order valence-corrected chi connectivity index (χ2v) is 11.2. The van der Waals surface area contributed by atoms with Crippen molar-refractivity contribution in [2.45, 2.75) is 32.5 Å². The lowest BCUT2D eigenvalue weighted by molar-refractivity contribution is -0.129. The topological polar surface area (TPSA) is 98.3 Å². The van der Waals surface area contributed by atoms with Crippen LogP contribution in [0.25, 0.3) is 43.9 Å². The molecule has 1 N–H and O–H groups in total. The van der Waals surface area contributed by atoms with Crippen LogP contribution in [-0.4, -0.2) is 59.7 Å². The van der Waals surface area contributed by atoms with Gasteiger partial charge in [-0.1, -0.05) is 6.58 Å². The highest BCUT2D eigenvalue weighted by atomic mass is 32.1. The standard InChI is InChI=1S/C30H28F2N6O3S/c1-5-25(40)37-7-8-38-23(17(37)3)12-22(35-38)29-27(26-21(32)10-19(31)11-24(26)41-15-16(2)39)30-20(6-9-42-30)28(34-29)18-13-33-36(4)14-18/h5-6,9-14,16-17,39H,1,7-8,15H2,2-4H3/t16-,17+/m1/s1. The Kier molecular flexibility index (Phi) is 7.11. The molecule has 1 aliphatic rings. The summed E-state index contributed by atoms with van der Waals surface area (Å²) in [5.41, 5.74) is 3.43. The molecule has 2 atom stereocenters. The number of halogens is 2. The van der Waals surface area contributed by atoms with Gasteiger partial charge in [0.25, 0.3) is 0 Å². The number of carbonyl (C=O) groups is 1. The molecule has 4 aromatic heterocycles. The molecule has 0 saturated heterocycles. The highest BCUT2D eigenvalue weighted by Gasteiger charge is 2.31. The third-order valence-corrected chi connectivity index (χ3v) is 8.23. The monoisotopic (exact) mass is 590 g/mol. The van der Waals surface area contributed by atoms with Crippen molar-refractivity contribution >= 4 is 27.3 Å². The first kappa shape index (κ1) is 27.7. The largest absolute Gasteiger partial charge is 0.490 e. The van der Waals surface area contributed by atoms with E-state index in [4.69, 9.17) is 14.8 Å². The van der Waals surface area contributed by atoms with Crippen molar-refractivity contribution in [3.8, 4) is 39.5 Å². The minimum Gasteiger partial charge on any atom is -0.490 e. The van der Waals surface area contributed by atoms with E-state index < -0.39 is 17.7 Å². The number of rotatable bonds is 7. The average molecular weight is 591 g/mol. The van der Waals surface area contributed by atoms with Gasteiger partial charge in [0.15, 0.2) is 0 Å². The Bertz CT molecular complexity index is 1840. The molecular formula is C30H28F2N6O3S. The first-order valence-electron chi connectivity index (χ1n) is 13.4. The SMILES string of the molecule is C=CC(=O)N1CCn2nc(-c3nc(-c4cnn(C)c4)c4ccsc4c3-c3c(F)cc(F)cc3OC[C@@H](C)O)cc2[C@@H]1C. The zero-order valence-corrected chi connectivity index (χ0v) is 24.0. The van der Waals surface area contributed by atoms with E-state index in [9.17, 15) is 14.3 Å². The van der Waals surface area contributed by atoms with Gasteiger partial charge < -0.3 is 14.7 Å². The second-order valence-electron chi connectivity index (χ2n) is 10.3. The van der Waals surface area contributed by atoms with Crippen molar-refractivity contribution in [1.29, 1.82) is 0 Å². The second kappa shape index (κ2) is 10.8. The number of pyridine rings is 1. The predicted molar refractivity (Wildman–Crippen MR) is 156 cm³/mol. The molecule has 6 rings (SSSR count). The first-order valence-corrected chi connectivity index (χ1v) is 14.3. The highest BCUT2D eigenvalue weighted by Crippen LogP contribution is 2.47. The smallest absolute Gasteiger partial charge is 0.246 e. The van der Waals surface area contributed by atoms with Crippen LogP contribution in [0.5, 0.6) is 5.75 Å². The summed E-state index contributed by atoms with van der Waals surface area (Å²) in [5.74, 6) is -1.87. The summed E-state index contributed by atoms with van der Waals surface area (Å²) in [5, 5.41) is 21.7. The molecule has 0 spiro atoms. The van der Waals surface area contributed by atoms with Crippen LogP contribution in [0.3, 0.4) is 0 Å². The molecule has 216 valence electrons. The molecular weight excluding hydrogens is 562 g/mol. The van der Waals surface area contributed by atoms with Gasteiger partial charge in [-0.05, 0) is 37.4 Å². The molecule has 0 saturated carbocycles. The Balaban J connectivity index is 1.64. The Hall–Kier alpha value is -4.42. The summed E-state index contributed by atoms with van der Waals surface area (Å²) < 4.78 is 40.3. The molecule has 12 heteroatoms. The normalized spacial score (nSPS) is 15.6. The predicted octanol–water partition coefficient (Wildman–Crippen LogP) is 5.35. The summed E-state index contributed by atoms with van der Waals surface area (Å²) in [6.45, 7) is 7.81. The van der Waals surface area contributed by atoms with Crippen LogP contribution in [0.15, 0.2) is 54.7 Å². The zero-order chi connectivity index (χ0) is 29.7. The fourth-order valence-electron chi connectivity index (χ4n) is 5.36. The molecule has 1 amide bonds. The quantitative estimate of drug-likeness (QED) is 0.257. The number of hydrogen-bond acceptors (Lipinski definition) is 7. The van der Waals surface area contributed by atoms with Crippen LogP contribution in [0.1, 0.15) is 25.6 Å². The van der Waals surface area contributed by atoms with Crippen molar-refractivity contribution in [3.63, 3.8) is 0 Å². The third kappa shape index (κ3) is 4.76. The Morgan fingerprint density at radius 2 is 2.07 bits per heavy atom. The van der Waals surface area contributed by atoms with Crippen molar-refractivity contribution < 1.29 is 23.4 Å². The number of thiophene rings is 1.